The molecule has 0 atom stereocenters. The highest BCUT2D eigenvalue weighted by molar-refractivity contribution is 5.73. The lowest BCUT2D eigenvalue weighted by atomic mass is 10.1. The highest BCUT2D eigenvalue weighted by atomic mass is 16.6. The van der Waals surface area contributed by atoms with Gasteiger partial charge in [0.05, 0.1) is 40.4 Å². The van der Waals surface area contributed by atoms with Gasteiger partial charge in [-0.3, -0.25) is 4.79 Å². The molecule has 1 aromatic heterocycles. The van der Waals surface area contributed by atoms with Crippen LogP contribution in [0, 0.1) is 0 Å². The Hall–Kier alpha value is -3.75. The molecule has 9 nitrogen and oxygen atoms in total. The molecule has 30 heavy (non-hydrogen) atoms. The third-order valence-corrected chi connectivity index (χ3v) is 4.27. The van der Waals surface area contributed by atoms with Gasteiger partial charge in [0.1, 0.15) is 11.5 Å². The Balaban J connectivity index is 1.62. The molecule has 0 bridgehead atoms. The van der Waals surface area contributed by atoms with Gasteiger partial charge in [-0.15, -0.1) is 0 Å². The second-order valence-corrected chi connectivity index (χ2v) is 6.10. The summed E-state index contributed by atoms with van der Waals surface area (Å²) in [6.45, 7) is -0.141. The summed E-state index contributed by atoms with van der Waals surface area (Å²) in [5, 5.41) is 3.93. The van der Waals surface area contributed by atoms with Crippen LogP contribution < -0.4 is 18.9 Å². The quantitative estimate of drug-likeness (QED) is 0.489. The van der Waals surface area contributed by atoms with Crippen molar-refractivity contribution in [1.82, 2.24) is 10.1 Å². The molecule has 0 aliphatic carbocycles. The Bertz CT molecular complexity index is 1020. The van der Waals surface area contributed by atoms with Gasteiger partial charge in [-0.2, -0.15) is 4.98 Å². The van der Waals surface area contributed by atoms with E-state index in [4.69, 9.17) is 28.2 Å². The number of esters is 1. The van der Waals surface area contributed by atoms with E-state index in [0.717, 1.165) is 5.56 Å². The minimum Gasteiger partial charge on any atom is -0.497 e. The smallest absolute Gasteiger partial charge is 0.310 e. The number of nitrogens with zero attached hydrogens (tertiary/aromatic N) is 2. The maximum atomic E-state index is 12.2. The van der Waals surface area contributed by atoms with Gasteiger partial charge in [0, 0.05) is 6.07 Å². The van der Waals surface area contributed by atoms with Crippen LogP contribution in [0.3, 0.4) is 0 Å². The van der Waals surface area contributed by atoms with Gasteiger partial charge >= 0.3 is 5.97 Å². The van der Waals surface area contributed by atoms with Crippen molar-refractivity contribution in [3.05, 3.63) is 47.9 Å². The standard InChI is InChI=1S/C21H22N2O7/c1-25-14-6-7-15(17(11-14)27-3)21-22-19(30-23-21)12-29-20(24)10-13-5-8-16(26-2)18(9-13)28-4/h5-9,11H,10,12H2,1-4H3. The number of hydrogen-bond acceptors (Lipinski definition) is 9. The molecule has 0 aliphatic rings. The maximum absolute atomic E-state index is 12.2. The number of carbonyl (C=O) groups excluding carboxylic acids is 1. The van der Waals surface area contributed by atoms with E-state index >= 15 is 0 Å². The van der Waals surface area contributed by atoms with E-state index in [1.807, 2.05) is 0 Å². The largest absolute Gasteiger partial charge is 0.497 e. The van der Waals surface area contributed by atoms with Crippen LogP contribution in [0.2, 0.25) is 0 Å². The van der Waals surface area contributed by atoms with Crippen molar-refractivity contribution in [2.45, 2.75) is 13.0 Å². The first-order valence-electron chi connectivity index (χ1n) is 8.99. The summed E-state index contributed by atoms with van der Waals surface area (Å²) in [5.41, 5.74) is 1.36. The van der Waals surface area contributed by atoms with Crippen LogP contribution in [0.5, 0.6) is 23.0 Å². The fourth-order valence-corrected chi connectivity index (χ4v) is 2.76. The monoisotopic (exact) mass is 414 g/mol. The molecule has 0 N–H and O–H groups in total. The third kappa shape index (κ3) is 4.80. The van der Waals surface area contributed by atoms with Crippen molar-refractivity contribution >= 4 is 5.97 Å². The van der Waals surface area contributed by atoms with Crippen molar-refractivity contribution in [3.63, 3.8) is 0 Å². The molecule has 0 saturated carbocycles. The van der Waals surface area contributed by atoms with E-state index in [2.05, 4.69) is 10.1 Å². The zero-order valence-corrected chi connectivity index (χ0v) is 17.1. The number of aromatic nitrogens is 2. The average Bonchev–Trinajstić information content (AvgIpc) is 3.25. The number of hydrogen-bond donors (Lipinski definition) is 0. The van der Waals surface area contributed by atoms with E-state index in [1.165, 1.54) is 14.2 Å². The predicted molar refractivity (Wildman–Crippen MR) is 106 cm³/mol. The van der Waals surface area contributed by atoms with Gasteiger partial charge in [0.2, 0.25) is 5.82 Å². The van der Waals surface area contributed by atoms with E-state index in [0.29, 0.717) is 34.4 Å². The highest BCUT2D eigenvalue weighted by Crippen LogP contribution is 2.31. The molecule has 2 aromatic carbocycles. The molecule has 9 heteroatoms. The lowest BCUT2D eigenvalue weighted by Crippen LogP contribution is -2.08. The Morgan fingerprint density at radius 1 is 0.900 bits per heavy atom. The van der Waals surface area contributed by atoms with Crippen molar-refractivity contribution in [1.29, 1.82) is 0 Å². The van der Waals surface area contributed by atoms with E-state index in [9.17, 15) is 4.79 Å². The van der Waals surface area contributed by atoms with Crippen molar-refractivity contribution in [2.24, 2.45) is 0 Å². The van der Waals surface area contributed by atoms with Crippen LogP contribution in [-0.2, 0) is 22.6 Å². The third-order valence-electron chi connectivity index (χ3n) is 4.27. The predicted octanol–water partition coefficient (Wildman–Crippen LogP) is 3.06. The molecule has 3 rings (SSSR count). The summed E-state index contributed by atoms with van der Waals surface area (Å²) in [4.78, 5) is 16.4. The number of rotatable bonds is 9. The van der Waals surface area contributed by atoms with Crippen LogP contribution in [0.1, 0.15) is 11.5 Å². The molecule has 0 amide bonds. The van der Waals surface area contributed by atoms with Gasteiger partial charge in [-0.25, -0.2) is 0 Å². The number of carbonyl (C=O) groups is 1. The van der Waals surface area contributed by atoms with Crippen LogP contribution in [0.25, 0.3) is 11.4 Å². The molecule has 158 valence electrons. The molecule has 0 spiro atoms. The van der Waals surface area contributed by atoms with Gasteiger partial charge in [-0.1, -0.05) is 11.2 Å². The molecule has 1 heterocycles. The fraction of sp³-hybridized carbons (Fsp3) is 0.286. The molecule has 0 aliphatic heterocycles. The minimum atomic E-state index is -0.441. The van der Waals surface area contributed by atoms with Gasteiger partial charge in [0.15, 0.2) is 18.1 Å². The van der Waals surface area contributed by atoms with Gasteiger partial charge in [-0.05, 0) is 29.8 Å². The maximum Gasteiger partial charge on any atom is 0.310 e. The molecule has 0 saturated heterocycles. The topological polar surface area (TPSA) is 102 Å². The van der Waals surface area contributed by atoms with Crippen molar-refractivity contribution in [2.75, 3.05) is 28.4 Å². The zero-order chi connectivity index (χ0) is 21.5. The van der Waals surface area contributed by atoms with Crippen LogP contribution in [-0.4, -0.2) is 44.5 Å². The molecule has 0 radical (unpaired) electrons. The molecule has 3 aromatic rings. The first kappa shape index (κ1) is 21.0. The van der Waals surface area contributed by atoms with E-state index in [-0.39, 0.29) is 18.9 Å². The highest BCUT2D eigenvalue weighted by Gasteiger charge is 2.16. The normalized spacial score (nSPS) is 10.4. The summed E-state index contributed by atoms with van der Waals surface area (Å²) < 4.78 is 31.4. The molecule has 0 fully saturated rings. The van der Waals surface area contributed by atoms with E-state index in [1.54, 1.807) is 50.6 Å². The lowest BCUT2D eigenvalue weighted by Gasteiger charge is -2.09. The van der Waals surface area contributed by atoms with Crippen LogP contribution in [0.15, 0.2) is 40.9 Å². The van der Waals surface area contributed by atoms with Gasteiger partial charge in [0.25, 0.3) is 5.89 Å². The Kier molecular flexibility index (Phi) is 6.74. The van der Waals surface area contributed by atoms with Gasteiger partial charge < -0.3 is 28.2 Å². The summed E-state index contributed by atoms with van der Waals surface area (Å²) in [6.07, 6.45) is 0.0631. The summed E-state index contributed by atoms with van der Waals surface area (Å²) in [5.74, 6) is 2.35. The van der Waals surface area contributed by atoms with Crippen LogP contribution >= 0.6 is 0 Å². The average molecular weight is 414 g/mol. The Morgan fingerprint density at radius 2 is 1.67 bits per heavy atom. The zero-order valence-electron chi connectivity index (χ0n) is 17.1. The van der Waals surface area contributed by atoms with E-state index < -0.39 is 5.97 Å². The SMILES string of the molecule is COc1ccc(-c2noc(COC(=O)Cc3ccc(OC)c(OC)c3)n2)c(OC)c1. The number of methoxy groups -OCH3 is 4. The Morgan fingerprint density at radius 3 is 2.37 bits per heavy atom. The lowest BCUT2D eigenvalue weighted by molar-refractivity contribution is -0.144. The summed E-state index contributed by atoms with van der Waals surface area (Å²) in [7, 11) is 6.18. The second kappa shape index (κ2) is 9.64. The first-order valence-corrected chi connectivity index (χ1v) is 8.99. The number of ether oxygens (including phenoxy) is 5. The first-order chi connectivity index (χ1) is 14.6. The summed E-state index contributed by atoms with van der Waals surface area (Å²) >= 11 is 0. The van der Waals surface area contributed by atoms with Crippen molar-refractivity contribution < 1.29 is 33.0 Å². The van der Waals surface area contributed by atoms with Crippen LogP contribution in [0.4, 0.5) is 0 Å². The minimum absolute atomic E-state index is 0.0631. The molecule has 0 unspecified atom stereocenters. The Labute approximate surface area is 173 Å². The number of benzene rings is 2. The fourth-order valence-electron chi connectivity index (χ4n) is 2.76. The molecular formula is C21H22N2O7. The van der Waals surface area contributed by atoms with Crippen molar-refractivity contribution in [3.8, 4) is 34.4 Å². The molecular weight excluding hydrogens is 392 g/mol. The second-order valence-electron chi connectivity index (χ2n) is 6.10. The summed E-state index contributed by atoms with van der Waals surface area (Å²) in [6, 6.07) is 10.5.